The number of imidazole rings is 1. The van der Waals surface area contributed by atoms with E-state index in [2.05, 4.69) is 39.3 Å². The maximum Gasteiger partial charge on any atom is 0.166 e. The first-order valence-corrected chi connectivity index (χ1v) is 9.15. The number of hydrogen-bond donors (Lipinski definition) is 2. The number of nitrogens with one attached hydrogen (secondary N) is 1. The van der Waals surface area contributed by atoms with E-state index in [4.69, 9.17) is 4.98 Å². The van der Waals surface area contributed by atoms with E-state index in [1.807, 2.05) is 22.8 Å². The molecule has 0 spiro atoms. The van der Waals surface area contributed by atoms with Crippen molar-refractivity contribution in [3.8, 4) is 17.1 Å². The highest BCUT2D eigenvalue weighted by Crippen LogP contribution is 2.25. The SMILES string of the molecule is CC(C)n1cnc2c(NCCc3ccc(O)cc3)nc(-c3ccnnc3)nc21. The summed E-state index contributed by atoms with van der Waals surface area (Å²) >= 11 is 0. The Labute approximate surface area is 162 Å². The summed E-state index contributed by atoms with van der Waals surface area (Å²) in [6.45, 7) is 4.86. The van der Waals surface area contributed by atoms with Crippen LogP contribution in [0.25, 0.3) is 22.6 Å². The van der Waals surface area contributed by atoms with Gasteiger partial charge in [-0.05, 0) is 44.0 Å². The van der Waals surface area contributed by atoms with Gasteiger partial charge in [0, 0.05) is 18.2 Å². The second-order valence-electron chi connectivity index (χ2n) is 6.79. The zero-order chi connectivity index (χ0) is 19.5. The Kier molecular flexibility index (Phi) is 4.84. The van der Waals surface area contributed by atoms with Crippen LogP contribution >= 0.6 is 0 Å². The summed E-state index contributed by atoms with van der Waals surface area (Å²) in [5.74, 6) is 1.54. The highest BCUT2D eigenvalue weighted by atomic mass is 16.3. The maximum absolute atomic E-state index is 9.41. The van der Waals surface area contributed by atoms with Crippen molar-refractivity contribution >= 4 is 17.0 Å². The molecule has 0 saturated carbocycles. The van der Waals surface area contributed by atoms with Gasteiger partial charge in [0.25, 0.3) is 0 Å². The standard InChI is InChI=1S/C20H21N7O/c1-13(2)27-12-22-17-19(21-9-7-14-3-5-16(28)6-4-14)25-18(26-20(17)27)15-8-10-23-24-11-15/h3-6,8,10-13,28H,7,9H2,1-2H3,(H,21,25,26). The smallest absolute Gasteiger partial charge is 0.166 e. The van der Waals surface area contributed by atoms with Crippen molar-refractivity contribution in [1.82, 2.24) is 29.7 Å². The molecule has 0 unspecified atom stereocenters. The molecular weight excluding hydrogens is 354 g/mol. The quantitative estimate of drug-likeness (QED) is 0.533. The number of phenolic OH excluding ortho intramolecular Hbond substituents is 1. The van der Waals surface area contributed by atoms with Crippen molar-refractivity contribution in [1.29, 1.82) is 0 Å². The molecule has 0 saturated heterocycles. The van der Waals surface area contributed by atoms with Gasteiger partial charge in [0.1, 0.15) is 11.3 Å². The molecule has 0 atom stereocenters. The largest absolute Gasteiger partial charge is 0.508 e. The van der Waals surface area contributed by atoms with Crippen LogP contribution in [-0.4, -0.2) is 41.4 Å². The average Bonchev–Trinajstić information content (AvgIpc) is 3.14. The van der Waals surface area contributed by atoms with Crippen LogP contribution in [-0.2, 0) is 6.42 Å². The molecule has 0 aliphatic carbocycles. The first-order chi connectivity index (χ1) is 13.6. The Morgan fingerprint density at radius 2 is 1.89 bits per heavy atom. The third-order valence-electron chi connectivity index (χ3n) is 4.46. The van der Waals surface area contributed by atoms with Crippen LogP contribution in [0.3, 0.4) is 0 Å². The molecule has 0 aliphatic rings. The lowest BCUT2D eigenvalue weighted by molar-refractivity contribution is 0.475. The maximum atomic E-state index is 9.41. The Hall–Kier alpha value is -3.55. The highest BCUT2D eigenvalue weighted by Gasteiger charge is 2.15. The molecule has 142 valence electrons. The second kappa shape index (κ2) is 7.59. The van der Waals surface area contributed by atoms with E-state index in [-0.39, 0.29) is 11.8 Å². The number of rotatable bonds is 6. The number of nitrogens with zero attached hydrogens (tertiary/aromatic N) is 6. The zero-order valence-corrected chi connectivity index (χ0v) is 15.7. The van der Waals surface area contributed by atoms with E-state index < -0.39 is 0 Å². The minimum absolute atomic E-state index is 0.230. The summed E-state index contributed by atoms with van der Waals surface area (Å²) in [6.07, 6.45) is 5.87. The molecule has 0 amide bonds. The lowest BCUT2D eigenvalue weighted by Crippen LogP contribution is -2.09. The van der Waals surface area contributed by atoms with Crippen LogP contribution in [0, 0.1) is 0 Å². The van der Waals surface area contributed by atoms with Gasteiger partial charge in [0.2, 0.25) is 0 Å². The Morgan fingerprint density at radius 3 is 2.61 bits per heavy atom. The van der Waals surface area contributed by atoms with Crippen LogP contribution in [0.15, 0.2) is 49.1 Å². The monoisotopic (exact) mass is 375 g/mol. The predicted molar refractivity (Wildman–Crippen MR) is 107 cm³/mol. The van der Waals surface area contributed by atoms with Crippen LogP contribution < -0.4 is 5.32 Å². The van der Waals surface area contributed by atoms with Gasteiger partial charge >= 0.3 is 0 Å². The van der Waals surface area contributed by atoms with E-state index in [1.165, 1.54) is 0 Å². The predicted octanol–water partition coefficient (Wildman–Crippen LogP) is 3.22. The number of anilines is 1. The number of fused-ring (bicyclic) bond motifs is 1. The first kappa shape index (κ1) is 17.8. The second-order valence-corrected chi connectivity index (χ2v) is 6.79. The molecule has 8 heteroatoms. The Morgan fingerprint density at radius 1 is 1.07 bits per heavy atom. The summed E-state index contributed by atoms with van der Waals surface area (Å²) < 4.78 is 2.03. The molecule has 4 aromatic rings. The van der Waals surface area contributed by atoms with E-state index in [0.29, 0.717) is 18.2 Å². The van der Waals surface area contributed by atoms with Gasteiger partial charge in [-0.2, -0.15) is 10.2 Å². The Balaban J connectivity index is 1.66. The first-order valence-electron chi connectivity index (χ1n) is 9.15. The molecular formula is C20H21N7O. The summed E-state index contributed by atoms with van der Waals surface area (Å²) in [6, 6.07) is 9.27. The van der Waals surface area contributed by atoms with Crippen molar-refractivity contribution in [3.05, 3.63) is 54.6 Å². The fourth-order valence-electron chi connectivity index (χ4n) is 2.96. The van der Waals surface area contributed by atoms with Gasteiger partial charge in [-0.25, -0.2) is 15.0 Å². The van der Waals surface area contributed by atoms with Crippen LogP contribution in [0.2, 0.25) is 0 Å². The topological polar surface area (TPSA) is 102 Å². The van der Waals surface area contributed by atoms with Crippen LogP contribution in [0.5, 0.6) is 5.75 Å². The van der Waals surface area contributed by atoms with E-state index in [0.717, 1.165) is 28.7 Å². The van der Waals surface area contributed by atoms with Crippen molar-refractivity contribution < 1.29 is 5.11 Å². The van der Waals surface area contributed by atoms with E-state index in [9.17, 15) is 5.11 Å². The molecule has 3 heterocycles. The third-order valence-corrected chi connectivity index (χ3v) is 4.46. The van der Waals surface area contributed by atoms with Crippen molar-refractivity contribution in [2.75, 3.05) is 11.9 Å². The van der Waals surface area contributed by atoms with E-state index in [1.54, 1.807) is 30.9 Å². The fraction of sp³-hybridized carbons (Fsp3) is 0.250. The normalized spacial score (nSPS) is 11.2. The van der Waals surface area contributed by atoms with Crippen LogP contribution in [0.1, 0.15) is 25.5 Å². The molecule has 28 heavy (non-hydrogen) atoms. The highest BCUT2D eigenvalue weighted by molar-refractivity contribution is 5.85. The number of benzene rings is 1. The molecule has 0 bridgehead atoms. The molecule has 8 nitrogen and oxygen atoms in total. The van der Waals surface area contributed by atoms with Crippen molar-refractivity contribution in [2.24, 2.45) is 0 Å². The van der Waals surface area contributed by atoms with Crippen LogP contribution in [0.4, 0.5) is 5.82 Å². The summed E-state index contributed by atoms with van der Waals surface area (Å²) in [5.41, 5.74) is 3.45. The molecule has 3 aromatic heterocycles. The summed E-state index contributed by atoms with van der Waals surface area (Å²) in [5, 5.41) is 20.6. The molecule has 1 aromatic carbocycles. The lowest BCUT2D eigenvalue weighted by atomic mass is 10.1. The molecule has 4 rings (SSSR count). The third kappa shape index (κ3) is 3.62. The molecule has 0 aliphatic heterocycles. The van der Waals surface area contributed by atoms with Gasteiger partial charge in [0.15, 0.2) is 17.3 Å². The Bertz CT molecular complexity index is 1080. The number of hydrogen-bond acceptors (Lipinski definition) is 7. The number of phenols is 1. The van der Waals surface area contributed by atoms with Gasteiger partial charge in [-0.1, -0.05) is 12.1 Å². The number of aromatic nitrogens is 6. The minimum Gasteiger partial charge on any atom is -0.508 e. The van der Waals surface area contributed by atoms with Crippen molar-refractivity contribution in [3.63, 3.8) is 0 Å². The van der Waals surface area contributed by atoms with Gasteiger partial charge in [-0.3, -0.25) is 0 Å². The van der Waals surface area contributed by atoms with E-state index >= 15 is 0 Å². The molecule has 0 fully saturated rings. The summed E-state index contributed by atoms with van der Waals surface area (Å²) in [4.78, 5) is 13.9. The average molecular weight is 375 g/mol. The van der Waals surface area contributed by atoms with Gasteiger partial charge in [0.05, 0.1) is 18.7 Å². The lowest BCUT2D eigenvalue weighted by Gasteiger charge is -2.11. The minimum atomic E-state index is 0.230. The summed E-state index contributed by atoms with van der Waals surface area (Å²) in [7, 11) is 0. The zero-order valence-electron chi connectivity index (χ0n) is 15.7. The molecule has 0 radical (unpaired) electrons. The molecule has 2 N–H and O–H groups in total. The fourth-order valence-corrected chi connectivity index (χ4v) is 2.96. The van der Waals surface area contributed by atoms with Crippen molar-refractivity contribution in [2.45, 2.75) is 26.3 Å². The van der Waals surface area contributed by atoms with Gasteiger partial charge < -0.3 is 15.0 Å². The number of aromatic hydroxyl groups is 1. The van der Waals surface area contributed by atoms with Gasteiger partial charge in [-0.15, -0.1) is 0 Å².